The van der Waals surface area contributed by atoms with E-state index >= 15 is 0 Å². The molecule has 2 aromatic heterocycles. The molecule has 0 spiro atoms. The van der Waals surface area contributed by atoms with Gasteiger partial charge in [0.2, 0.25) is 0 Å². The summed E-state index contributed by atoms with van der Waals surface area (Å²) in [5.41, 5.74) is -0.508. The summed E-state index contributed by atoms with van der Waals surface area (Å²) in [6, 6.07) is 14.7. The molecule has 0 unspecified atom stereocenters. The second-order valence-corrected chi connectivity index (χ2v) is 8.24. The Bertz CT molecular complexity index is 1750. The van der Waals surface area contributed by atoms with Crippen LogP contribution in [0.4, 0.5) is 26.3 Å². The highest BCUT2D eigenvalue weighted by molar-refractivity contribution is 5.95. The minimum atomic E-state index is -4.72. The third-order valence-electron chi connectivity index (χ3n) is 5.76. The van der Waals surface area contributed by atoms with Gasteiger partial charge in [0, 0.05) is 28.3 Å². The smallest absolute Gasteiger partial charge is 0.418 e. The van der Waals surface area contributed by atoms with Gasteiger partial charge in [0.25, 0.3) is 0 Å². The highest BCUT2D eigenvalue weighted by atomic mass is 19.4. The molecule has 1 N–H and O–H groups in total. The lowest BCUT2D eigenvalue weighted by Gasteiger charge is -2.10. The van der Waals surface area contributed by atoms with E-state index in [1.165, 1.54) is 24.4 Å². The molecule has 2 heterocycles. The van der Waals surface area contributed by atoms with E-state index in [-0.39, 0.29) is 33.6 Å². The first-order chi connectivity index (χ1) is 18.1. The molecule has 0 amide bonds. The lowest BCUT2D eigenvalue weighted by atomic mass is 10.0. The summed E-state index contributed by atoms with van der Waals surface area (Å²) in [5.74, 6) is 0.929. The van der Waals surface area contributed by atoms with Crippen LogP contribution in [-0.2, 0) is 12.7 Å². The molecule has 0 saturated heterocycles. The fourth-order valence-electron chi connectivity index (χ4n) is 4.02. The maximum absolute atomic E-state index is 14.5. The van der Waals surface area contributed by atoms with Crippen molar-refractivity contribution < 1.29 is 31.4 Å². The molecule has 0 aliphatic heterocycles. The number of fused-ring (bicyclic) bond motifs is 1. The average Bonchev–Trinajstić information content (AvgIpc) is 3.26. The van der Waals surface area contributed by atoms with Crippen molar-refractivity contribution in [2.45, 2.75) is 12.7 Å². The Labute approximate surface area is 211 Å². The van der Waals surface area contributed by atoms with E-state index in [0.29, 0.717) is 11.1 Å². The number of hydrogen-bond acceptors (Lipinski definition) is 3. The van der Waals surface area contributed by atoms with Crippen molar-refractivity contribution in [1.29, 1.82) is 0 Å². The molecule has 0 aliphatic rings. The Morgan fingerprint density at radius 1 is 0.868 bits per heavy atom. The van der Waals surface area contributed by atoms with Gasteiger partial charge in [0.05, 0.1) is 17.8 Å². The normalized spacial score (nSPS) is 11.4. The summed E-state index contributed by atoms with van der Waals surface area (Å²) in [5, 5.41) is 14.1. The Balaban J connectivity index is 1.68. The first-order valence-electron chi connectivity index (χ1n) is 11.1. The maximum atomic E-state index is 14.5. The molecule has 3 aromatic carbocycles. The number of aromatic nitrogens is 3. The molecule has 0 bridgehead atoms. The van der Waals surface area contributed by atoms with Crippen LogP contribution in [0.15, 0.2) is 72.9 Å². The zero-order valence-electron chi connectivity index (χ0n) is 19.2. The maximum Gasteiger partial charge on any atom is 0.418 e. The largest absolute Gasteiger partial charge is 0.505 e. The van der Waals surface area contributed by atoms with Crippen molar-refractivity contribution in [3.8, 4) is 28.8 Å². The third kappa shape index (κ3) is 4.66. The summed E-state index contributed by atoms with van der Waals surface area (Å²) in [7, 11) is 0. The number of nitrogens with zero attached hydrogens (tertiary/aromatic N) is 3. The minimum absolute atomic E-state index is 0.117. The van der Waals surface area contributed by atoms with Gasteiger partial charge < -0.3 is 5.11 Å². The lowest BCUT2D eigenvalue weighted by Crippen LogP contribution is -2.08. The van der Waals surface area contributed by atoms with Crippen LogP contribution >= 0.6 is 0 Å². The number of aromatic hydroxyl groups is 1. The van der Waals surface area contributed by atoms with Crippen molar-refractivity contribution in [1.82, 2.24) is 14.8 Å². The molecule has 5 rings (SSSR count). The Kier molecular flexibility index (Phi) is 6.28. The lowest BCUT2D eigenvalue weighted by molar-refractivity contribution is -0.136. The molecule has 0 aliphatic carbocycles. The number of pyridine rings is 1. The minimum Gasteiger partial charge on any atom is -0.505 e. The zero-order chi connectivity index (χ0) is 27.0. The van der Waals surface area contributed by atoms with E-state index < -0.39 is 35.7 Å². The van der Waals surface area contributed by atoms with Crippen LogP contribution in [0, 0.1) is 29.3 Å². The van der Waals surface area contributed by atoms with E-state index in [0.717, 1.165) is 22.9 Å². The molecule has 4 nitrogen and oxygen atoms in total. The summed E-state index contributed by atoms with van der Waals surface area (Å²) in [6.45, 7) is -0.470. The Morgan fingerprint density at radius 2 is 1.66 bits per heavy atom. The van der Waals surface area contributed by atoms with Crippen molar-refractivity contribution in [2.75, 3.05) is 0 Å². The van der Waals surface area contributed by atoms with Crippen molar-refractivity contribution >= 4 is 10.9 Å². The fourth-order valence-corrected chi connectivity index (χ4v) is 4.02. The highest BCUT2D eigenvalue weighted by Gasteiger charge is 2.34. The molecular weight excluding hydrogens is 508 g/mol. The van der Waals surface area contributed by atoms with Crippen LogP contribution in [0.25, 0.3) is 22.2 Å². The van der Waals surface area contributed by atoms with Crippen LogP contribution in [0.2, 0.25) is 0 Å². The molecule has 0 saturated carbocycles. The SMILES string of the molecule is Oc1cccnc1C#Cc1cccc(-c2c3cccc(C(F)(F)F)c3nn2Cc2ccc(F)c(F)c2F)c1. The summed E-state index contributed by atoms with van der Waals surface area (Å²) in [4.78, 5) is 3.98. The quantitative estimate of drug-likeness (QED) is 0.163. The number of hydrogen-bond donors (Lipinski definition) is 1. The summed E-state index contributed by atoms with van der Waals surface area (Å²) >= 11 is 0. The number of alkyl halides is 3. The third-order valence-corrected chi connectivity index (χ3v) is 5.76. The summed E-state index contributed by atoms with van der Waals surface area (Å²) in [6.07, 6.45) is -3.26. The molecular formula is C28H15F6N3O. The predicted octanol–water partition coefficient (Wildman–Crippen LogP) is 6.69. The topological polar surface area (TPSA) is 50.9 Å². The molecule has 0 radical (unpaired) electrons. The molecule has 10 heteroatoms. The Hall–Kier alpha value is -4.78. The van der Waals surface area contributed by atoms with Gasteiger partial charge in [0.15, 0.2) is 23.1 Å². The van der Waals surface area contributed by atoms with Crippen LogP contribution in [0.1, 0.15) is 22.4 Å². The second kappa shape index (κ2) is 9.59. The predicted molar refractivity (Wildman–Crippen MR) is 127 cm³/mol. The number of rotatable bonds is 3. The van der Waals surface area contributed by atoms with Crippen molar-refractivity contribution in [3.63, 3.8) is 0 Å². The zero-order valence-corrected chi connectivity index (χ0v) is 19.2. The van der Waals surface area contributed by atoms with Crippen molar-refractivity contribution in [2.24, 2.45) is 0 Å². The standard InChI is InChI=1S/C28H15F6N3O/c29-21-11-10-18(24(30)25(21)31)15-37-27(19-6-2-7-20(26(19)36-37)28(32,33)34)17-5-1-4-16(14-17)9-12-22-23(38)8-3-13-35-22/h1-8,10-11,13-14,38H,15H2. The van der Waals surface area contributed by atoms with Gasteiger partial charge in [-0.3, -0.25) is 4.68 Å². The molecule has 0 atom stereocenters. The highest BCUT2D eigenvalue weighted by Crippen LogP contribution is 2.38. The van der Waals surface area contributed by atoms with Gasteiger partial charge in [-0.05, 0) is 42.3 Å². The van der Waals surface area contributed by atoms with Gasteiger partial charge in [-0.15, -0.1) is 0 Å². The van der Waals surface area contributed by atoms with Gasteiger partial charge in [-0.1, -0.05) is 36.3 Å². The first kappa shape index (κ1) is 24.9. The summed E-state index contributed by atoms with van der Waals surface area (Å²) < 4.78 is 84.2. The fraction of sp³-hybridized carbons (Fsp3) is 0.0714. The van der Waals surface area contributed by atoms with Crippen LogP contribution < -0.4 is 0 Å². The van der Waals surface area contributed by atoms with E-state index in [1.54, 1.807) is 30.3 Å². The molecule has 190 valence electrons. The first-order valence-corrected chi connectivity index (χ1v) is 11.1. The molecule has 0 fully saturated rings. The van der Waals surface area contributed by atoms with Crippen LogP contribution in [-0.4, -0.2) is 19.9 Å². The van der Waals surface area contributed by atoms with Crippen molar-refractivity contribution in [3.05, 3.63) is 113 Å². The van der Waals surface area contributed by atoms with E-state index in [9.17, 15) is 31.4 Å². The monoisotopic (exact) mass is 523 g/mol. The van der Waals surface area contributed by atoms with Crippen LogP contribution in [0.3, 0.4) is 0 Å². The number of benzene rings is 3. The van der Waals surface area contributed by atoms with Gasteiger partial charge in [-0.2, -0.15) is 18.3 Å². The van der Waals surface area contributed by atoms with E-state index in [1.807, 2.05) is 0 Å². The van der Waals surface area contributed by atoms with E-state index in [4.69, 9.17) is 0 Å². The van der Waals surface area contributed by atoms with Gasteiger partial charge >= 0.3 is 6.18 Å². The van der Waals surface area contributed by atoms with Gasteiger partial charge in [0.1, 0.15) is 11.3 Å². The number of halogens is 6. The van der Waals surface area contributed by atoms with Gasteiger partial charge in [-0.25, -0.2) is 18.2 Å². The second-order valence-electron chi connectivity index (χ2n) is 8.24. The molecule has 38 heavy (non-hydrogen) atoms. The average molecular weight is 523 g/mol. The Morgan fingerprint density at radius 3 is 2.42 bits per heavy atom. The molecule has 5 aromatic rings. The van der Waals surface area contributed by atoms with E-state index in [2.05, 4.69) is 21.9 Å². The van der Waals surface area contributed by atoms with Crippen LogP contribution in [0.5, 0.6) is 5.75 Å².